The van der Waals surface area contributed by atoms with Crippen LogP contribution in [0.3, 0.4) is 0 Å². The lowest BCUT2D eigenvalue weighted by Gasteiger charge is -2.42. The fourth-order valence-corrected chi connectivity index (χ4v) is 3.64. The molecule has 110 valence electrons. The number of benzene rings is 1. The van der Waals surface area contributed by atoms with E-state index in [1.165, 1.54) is 25.7 Å². The molecule has 0 unspecified atom stereocenters. The van der Waals surface area contributed by atoms with Crippen molar-refractivity contribution in [3.63, 3.8) is 0 Å². The highest BCUT2D eigenvalue weighted by molar-refractivity contribution is 5.48. The van der Waals surface area contributed by atoms with Crippen LogP contribution in [0.2, 0.25) is 0 Å². The third kappa shape index (κ3) is 2.98. The van der Waals surface area contributed by atoms with E-state index in [2.05, 4.69) is 16.7 Å². The molecule has 1 saturated heterocycles. The first-order chi connectivity index (χ1) is 9.74. The third-order valence-corrected chi connectivity index (χ3v) is 5.01. The Morgan fingerprint density at radius 3 is 2.25 bits per heavy atom. The number of hydrogen-bond donors (Lipinski definition) is 0. The molecule has 2 fully saturated rings. The first kappa shape index (κ1) is 13.9. The first-order valence-corrected chi connectivity index (χ1v) is 7.97. The van der Waals surface area contributed by atoms with Crippen molar-refractivity contribution in [2.24, 2.45) is 5.92 Å². The number of hydrogen-bond acceptors (Lipinski definition) is 2. The van der Waals surface area contributed by atoms with Crippen LogP contribution in [-0.4, -0.2) is 37.1 Å². The molecule has 1 aliphatic carbocycles. The minimum absolute atomic E-state index is 0.0903. The predicted molar refractivity (Wildman–Crippen MR) is 81.6 cm³/mol. The molecule has 0 amide bonds. The summed E-state index contributed by atoms with van der Waals surface area (Å²) < 4.78 is 13.8. The van der Waals surface area contributed by atoms with E-state index in [0.717, 1.165) is 43.8 Å². The third-order valence-electron chi connectivity index (χ3n) is 5.01. The Labute approximate surface area is 121 Å². The van der Waals surface area contributed by atoms with Gasteiger partial charge in [0.15, 0.2) is 0 Å². The van der Waals surface area contributed by atoms with Crippen LogP contribution in [-0.2, 0) is 0 Å². The summed E-state index contributed by atoms with van der Waals surface area (Å²) in [6, 6.07) is 7.91. The molecule has 0 spiro atoms. The molecule has 0 radical (unpaired) electrons. The second-order valence-electron chi connectivity index (χ2n) is 6.39. The van der Waals surface area contributed by atoms with E-state index in [9.17, 15) is 4.39 Å². The summed E-state index contributed by atoms with van der Waals surface area (Å²) in [6.45, 7) is 6.42. The fraction of sp³-hybridized carbons (Fsp3) is 0.647. The zero-order chi connectivity index (χ0) is 13.9. The van der Waals surface area contributed by atoms with Gasteiger partial charge in [-0.25, -0.2) is 4.39 Å². The molecule has 1 aromatic carbocycles. The van der Waals surface area contributed by atoms with Crippen LogP contribution in [0.1, 0.15) is 32.6 Å². The number of para-hydroxylation sites is 1. The molecular weight excluding hydrogens is 251 g/mol. The summed E-state index contributed by atoms with van der Waals surface area (Å²) >= 11 is 0. The van der Waals surface area contributed by atoms with E-state index in [0.29, 0.717) is 0 Å². The Bertz CT molecular complexity index is 432. The van der Waals surface area contributed by atoms with Gasteiger partial charge >= 0.3 is 0 Å². The van der Waals surface area contributed by atoms with Crippen molar-refractivity contribution in [1.29, 1.82) is 0 Å². The number of piperazine rings is 1. The van der Waals surface area contributed by atoms with E-state index >= 15 is 0 Å². The zero-order valence-corrected chi connectivity index (χ0v) is 12.4. The summed E-state index contributed by atoms with van der Waals surface area (Å²) in [5.74, 6) is 0.818. The number of rotatable bonds is 2. The fourth-order valence-electron chi connectivity index (χ4n) is 3.64. The van der Waals surface area contributed by atoms with Crippen LogP contribution in [0.15, 0.2) is 24.3 Å². The van der Waals surface area contributed by atoms with E-state index in [4.69, 9.17) is 0 Å². The van der Waals surface area contributed by atoms with Crippen LogP contribution in [0.5, 0.6) is 0 Å². The average Bonchev–Trinajstić information content (AvgIpc) is 2.49. The van der Waals surface area contributed by atoms with E-state index in [1.807, 2.05) is 12.1 Å². The molecule has 1 aliphatic heterocycles. The molecule has 3 rings (SSSR count). The van der Waals surface area contributed by atoms with Crippen molar-refractivity contribution in [2.45, 2.75) is 38.6 Å². The Balaban J connectivity index is 1.56. The quantitative estimate of drug-likeness (QED) is 0.815. The van der Waals surface area contributed by atoms with Gasteiger partial charge in [0.2, 0.25) is 0 Å². The summed E-state index contributed by atoms with van der Waals surface area (Å²) in [4.78, 5) is 4.82. The standard InChI is InChI=1S/C17H25FN2/c1-14-6-8-15(9-7-14)19-10-12-20(13-11-19)17-5-3-2-4-16(17)18/h2-5,14-15H,6-13H2,1H3. The molecule has 0 atom stereocenters. The molecule has 2 nitrogen and oxygen atoms in total. The lowest BCUT2D eigenvalue weighted by molar-refractivity contribution is 0.132. The SMILES string of the molecule is CC1CCC(N2CCN(c3ccccc3F)CC2)CC1. The highest BCUT2D eigenvalue weighted by atomic mass is 19.1. The van der Waals surface area contributed by atoms with Crippen molar-refractivity contribution in [1.82, 2.24) is 4.90 Å². The molecule has 3 heteroatoms. The van der Waals surface area contributed by atoms with Gasteiger partial charge in [-0.1, -0.05) is 19.1 Å². The molecule has 2 aliphatic rings. The predicted octanol–water partition coefficient (Wildman–Crippen LogP) is 3.53. The van der Waals surface area contributed by atoms with Crippen molar-refractivity contribution >= 4 is 5.69 Å². The topological polar surface area (TPSA) is 6.48 Å². The van der Waals surface area contributed by atoms with Gasteiger partial charge in [-0.15, -0.1) is 0 Å². The molecular formula is C17H25FN2. The van der Waals surface area contributed by atoms with Crippen LogP contribution in [0, 0.1) is 11.7 Å². The Morgan fingerprint density at radius 1 is 0.950 bits per heavy atom. The molecule has 0 N–H and O–H groups in total. The Morgan fingerprint density at radius 2 is 1.60 bits per heavy atom. The van der Waals surface area contributed by atoms with Crippen LogP contribution < -0.4 is 4.90 Å². The maximum absolute atomic E-state index is 13.8. The lowest BCUT2D eigenvalue weighted by Crippen LogP contribution is -2.51. The lowest BCUT2D eigenvalue weighted by atomic mass is 9.86. The highest BCUT2D eigenvalue weighted by Crippen LogP contribution is 2.28. The van der Waals surface area contributed by atoms with Crippen molar-refractivity contribution < 1.29 is 4.39 Å². The van der Waals surface area contributed by atoms with Gasteiger partial charge in [-0.3, -0.25) is 4.90 Å². The van der Waals surface area contributed by atoms with Gasteiger partial charge in [0.25, 0.3) is 0 Å². The number of anilines is 1. The van der Waals surface area contributed by atoms with Crippen molar-refractivity contribution in [2.75, 3.05) is 31.1 Å². The van der Waals surface area contributed by atoms with Crippen molar-refractivity contribution in [3.05, 3.63) is 30.1 Å². The Hall–Kier alpha value is -1.09. The summed E-state index contributed by atoms with van der Waals surface area (Å²) in [5.41, 5.74) is 0.768. The second-order valence-corrected chi connectivity index (χ2v) is 6.39. The van der Waals surface area contributed by atoms with Gasteiger partial charge < -0.3 is 4.90 Å². The first-order valence-electron chi connectivity index (χ1n) is 7.97. The summed E-state index contributed by atoms with van der Waals surface area (Å²) in [7, 11) is 0. The largest absolute Gasteiger partial charge is 0.367 e. The second kappa shape index (κ2) is 6.13. The highest BCUT2D eigenvalue weighted by Gasteiger charge is 2.27. The molecule has 1 heterocycles. The Kier molecular flexibility index (Phi) is 4.25. The van der Waals surface area contributed by atoms with E-state index < -0.39 is 0 Å². The van der Waals surface area contributed by atoms with Crippen molar-refractivity contribution in [3.8, 4) is 0 Å². The van der Waals surface area contributed by atoms with Crippen LogP contribution >= 0.6 is 0 Å². The summed E-state index contributed by atoms with van der Waals surface area (Å²) in [6.07, 6.45) is 5.44. The van der Waals surface area contributed by atoms with Gasteiger partial charge in [0, 0.05) is 32.2 Å². The normalized spacial score (nSPS) is 28.6. The van der Waals surface area contributed by atoms with Crippen LogP contribution in [0.25, 0.3) is 0 Å². The van der Waals surface area contributed by atoms with Crippen LogP contribution in [0.4, 0.5) is 10.1 Å². The molecule has 0 bridgehead atoms. The maximum Gasteiger partial charge on any atom is 0.146 e. The molecule has 1 aromatic rings. The van der Waals surface area contributed by atoms with E-state index in [-0.39, 0.29) is 5.82 Å². The van der Waals surface area contributed by atoms with E-state index in [1.54, 1.807) is 12.1 Å². The zero-order valence-electron chi connectivity index (χ0n) is 12.4. The monoisotopic (exact) mass is 276 g/mol. The molecule has 1 saturated carbocycles. The average molecular weight is 276 g/mol. The van der Waals surface area contributed by atoms with Gasteiger partial charge in [-0.05, 0) is 43.7 Å². The van der Waals surface area contributed by atoms with Gasteiger partial charge in [-0.2, -0.15) is 0 Å². The van der Waals surface area contributed by atoms with Gasteiger partial charge in [0.1, 0.15) is 5.82 Å². The minimum Gasteiger partial charge on any atom is -0.367 e. The maximum atomic E-state index is 13.8. The number of nitrogens with zero attached hydrogens (tertiary/aromatic N) is 2. The summed E-state index contributed by atoms with van der Waals surface area (Å²) in [5, 5.41) is 0. The number of halogens is 1. The minimum atomic E-state index is -0.0903. The van der Waals surface area contributed by atoms with Gasteiger partial charge in [0.05, 0.1) is 5.69 Å². The molecule has 0 aromatic heterocycles. The smallest absolute Gasteiger partial charge is 0.146 e. The molecule has 20 heavy (non-hydrogen) atoms.